The molecule has 1 aromatic carbocycles. The van der Waals surface area contributed by atoms with Crippen LogP contribution >= 0.6 is 0 Å². The van der Waals surface area contributed by atoms with Gasteiger partial charge in [0.15, 0.2) is 0 Å². The zero-order valence-electron chi connectivity index (χ0n) is 13.9. The van der Waals surface area contributed by atoms with Crippen molar-refractivity contribution in [3.05, 3.63) is 34.9 Å². The summed E-state index contributed by atoms with van der Waals surface area (Å²) < 4.78 is 0. The molecule has 0 spiro atoms. The van der Waals surface area contributed by atoms with E-state index in [0.717, 1.165) is 19.0 Å². The Morgan fingerprint density at radius 2 is 2.10 bits per heavy atom. The Hall–Kier alpha value is -0.860. The monoisotopic (exact) mass is 286 g/mol. The third-order valence-corrected chi connectivity index (χ3v) is 5.50. The van der Waals surface area contributed by atoms with E-state index in [9.17, 15) is 0 Å². The summed E-state index contributed by atoms with van der Waals surface area (Å²) in [6.45, 7) is 10.5. The molecule has 1 fully saturated rings. The molecule has 3 atom stereocenters. The van der Waals surface area contributed by atoms with Gasteiger partial charge < -0.3 is 5.32 Å². The summed E-state index contributed by atoms with van der Waals surface area (Å²) in [6, 6.07) is 8.51. The Morgan fingerprint density at radius 3 is 2.90 bits per heavy atom. The van der Waals surface area contributed by atoms with Gasteiger partial charge in [0, 0.05) is 31.7 Å². The van der Waals surface area contributed by atoms with E-state index in [2.05, 4.69) is 49.2 Å². The molecule has 3 rings (SSSR count). The van der Waals surface area contributed by atoms with E-state index in [4.69, 9.17) is 0 Å². The summed E-state index contributed by atoms with van der Waals surface area (Å²) in [5.74, 6) is 0.763. The molecule has 116 valence electrons. The summed E-state index contributed by atoms with van der Waals surface area (Å²) in [5.41, 5.74) is 4.71. The van der Waals surface area contributed by atoms with Gasteiger partial charge in [0.2, 0.25) is 0 Å². The molecule has 0 saturated carbocycles. The Kier molecular flexibility index (Phi) is 4.66. The van der Waals surface area contributed by atoms with E-state index >= 15 is 0 Å². The molecule has 1 saturated heterocycles. The van der Waals surface area contributed by atoms with Crippen LogP contribution in [0.25, 0.3) is 0 Å². The van der Waals surface area contributed by atoms with E-state index in [1.165, 1.54) is 37.8 Å². The van der Waals surface area contributed by atoms with Crippen LogP contribution in [0.5, 0.6) is 0 Å². The highest BCUT2D eigenvalue weighted by Crippen LogP contribution is 2.25. The molecule has 2 nitrogen and oxygen atoms in total. The van der Waals surface area contributed by atoms with E-state index in [0.29, 0.717) is 12.1 Å². The second-order valence-corrected chi connectivity index (χ2v) is 7.15. The van der Waals surface area contributed by atoms with Crippen molar-refractivity contribution >= 4 is 0 Å². The number of piperazine rings is 1. The summed E-state index contributed by atoms with van der Waals surface area (Å²) in [6.07, 6.45) is 5.19. The van der Waals surface area contributed by atoms with E-state index in [-0.39, 0.29) is 0 Å². The second-order valence-electron chi connectivity index (χ2n) is 7.15. The Bertz CT molecular complexity index is 482. The minimum Gasteiger partial charge on any atom is -0.311 e. The molecular formula is C19H30N2. The molecule has 1 aliphatic carbocycles. The van der Waals surface area contributed by atoms with E-state index in [1.54, 1.807) is 11.1 Å². The van der Waals surface area contributed by atoms with Crippen LogP contribution < -0.4 is 5.32 Å². The maximum atomic E-state index is 3.66. The molecule has 0 bridgehead atoms. The number of nitrogens with zero attached hydrogens (tertiary/aromatic N) is 1. The van der Waals surface area contributed by atoms with Crippen LogP contribution in [0.1, 0.15) is 50.3 Å². The Labute approximate surface area is 129 Å². The number of hydrogen-bond acceptors (Lipinski definition) is 2. The van der Waals surface area contributed by atoms with Crippen LogP contribution in [0, 0.1) is 5.92 Å². The van der Waals surface area contributed by atoms with Crippen molar-refractivity contribution < 1.29 is 0 Å². The lowest BCUT2D eigenvalue weighted by Crippen LogP contribution is -2.57. The normalized spacial score (nSPS) is 27.6. The highest BCUT2D eigenvalue weighted by atomic mass is 15.2. The number of benzene rings is 1. The lowest BCUT2D eigenvalue weighted by Gasteiger charge is -2.42. The minimum atomic E-state index is 0.611. The highest BCUT2D eigenvalue weighted by Gasteiger charge is 2.29. The predicted molar refractivity (Wildman–Crippen MR) is 89.6 cm³/mol. The minimum absolute atomic E-state index is 0.611. The summed E-state index contributed by atoms with van der Waals surface area (Å²) in [4.78, 5) is 2.71. The van der Waals surface area contributed by atoms with Crippen molar-refractivity contribution in [1.29, 1.82) is 0 Å². The van der Waals surface area contributed by atoms with Crippen molar-refractivity contribution in [2.45, 2.75) is 65.1 Å². The molecule has 2 aliphatic rings. The van der Waals surface area contributed by atoms with Gasteiger partial charge in [0.05, 0.1) is 0 Å². The zero-order valence-corrected chi connectivity index (χ0v) is 13.9. The van der Waals surface area contributed by atoms with Gasteiger partial charge in [-0.1, -0.05) is 38.5 Å². The molecule has 1 N–H and O–H groups in total. The number of rotatable bonds is 4. The topological polar surface area (TPSA) is 15.3 Å². The quantitative estimate of drug-likeness (QED) is 0.913. The highest BCUT2D eigenvalue weighted by molar-refractivity contribution is 5.35. The molecule has 21 heavy (non-hydrogen) atoms. The maximum absolute atomic E-state index is 3.66. The fraction of sp³-hybridized carbons (Fsp3) is 0.684. The molecule has 0 amide bonds. The fourth-order valence-electron chi connectivity index (χ4n) is 3.98. The third-order valence-electron chi connectivity index (χ3n) is 5.50. The summed E-state index contributed by atoms with van der Waals surface area (Å²) in [7, 11) is 0. The van der Waals surface area contributed by atoms with Crippen molar-refractivity contribution in [2.75, 3.05) is 13.1 Å². The smallest absolute Gasteiger partial charge is 0.0250 e. The van der Waals surface area contributed by atoms with Gasteiger partial charge in [-0.3, -0.25) is 4.90 Å². The molecule has 0 radical (unpaired) electrons. The predicted octanol–water partition coefficient (Wildman–Crippen LogP) is 3.38. The van der Waals surface area contributed by atoms with Crippen molar-refractivity contribution in [3.63, 3.8) is 0 Å². The molecule has 1 heterocycles. The summed E-state index contributed by atoms with van der Waals surface area (Å²) in [5, 5.41) is 3.66. The van der Waals surface area contributed by atoms with Gasteiger partial charge in [-0.2, -0.15) is 0 Å². The lowest BCUT2D eigenvalue weighted by atomic mass is 9.94. The largest absolute Gasteiger partial charge is 0.311 e. The first-order valence-corrected chi connectivity index (χ1v) is 8.75. The number of nitrogens with one attached hydrogen (secondary N) is 1. The third kappa shape index (κ3) is 3.32. The SMILES string of the molecule is CCC(C)C1CNC(C)CN1Cc1ccc2c(c1)CCC2. The van der Waals surface area contributed by atoms with Crippen LogP contribution in [-0.4, -0.2) is 30.1 Å². The Morgan fingerprint density at radius 1 is 1.29 bits per heavy atom. The standard InChI is InChI=1S/C19H30N2/c1-4-14(2)19-11-20-15(3)12-21(19)13-16-8-9-17-6-5-7-18(17)10-16/h8-10,14-15,19-20H,4-7,11-13H2,1-3H3. The van der Waals surface area contributed by atoms with Gasteiger partial charge in [-0.05, 0) is 48.8 Å². The Balaban J connectivity index is 1.74. The molecular weight excluding hydrogens is 256 g/mol. The fourth-order valence-corrected chi connectivity index (χ4v) is 3.98. The first-order valence-electron chi connectivity index (χ1n) is 8.75. The zero-order chi connectivity index (χ0) is 14.8. The number of hydrogen-bond donors (Lipinski definition) is 1. The van der Waals surface area contributed by atoms with Crippen molar-refractivity contribution in [3.8, 4) is 0 Å². The average molecular weight is 286 g/mol. The average Bonchev–Trinajstić information content (AvgIpc) is 2.94. The first kappa shape index (κ1) is 15.1. The summed E-state index contributed by atoms with van der Waals surface area (Å²) >= 11 is 0. The number of fused-ring (bicyclic) bond motifs is 1. The molecule has 1 aliphatic heterocycles. The maximum Gasteiger partial charge on any atom is 0.0250 e. The van der Waals surface area contributed by atoms with Crippen LogP contribution in [0.15, 0.2) is 18.2 Å². The van der Waals surface area contributed by atoms with Gasteiger partial charge >= 0.3 is 0 Å². The van der Waals surface area contributed by atoms with Gasteiger partial charge in [0.25, 0.3) is 0 Å². The molecule has 0 aromatic heterocycles. The van der Waals surface area contributed by atoms with Gasteiger partial charge in [0.1, 0.15) is 0 Å². The first-order chi connectivity index (χ1) is 10.2. The van der Waals surface area contributed by atoms with Crippen LogP contribution in [0.3, 0.4) is 0 Å². The van der Waals surface area contributed by atoms with Crippen molar-refractivity contribution in [1.82, 2.24) is 10.2 Å². The molecule has 3 unspecified atom stereocenters. The molecule has 2 heteroatoms. The second kappa shape index (κ2) is 6.50. The van der Waals surface area contributed by atoms with E-state index in [1.807, 2.05) is 0 Å². The molecule has 1 aromatic rings. The van der Waals surface area contributed by atoms with Gasteiger partial charge in [-0.25, -0.2) is 0 Å². The van der Waals surface area contributed by atoms with E-state index < -0.39 is 0 Å². The van der Waals surface area contributed by atoms with Crippen molar-refractivity contribution in [2.24, 2.45) is 5.92 Å². The number of aryl methyl sites for hydroxylation is 2. The van der Waals surface area contributed by atoms with Crippen LogP contribution in [-0.2, 0) is 19.4 Å². The van der Waals surface area contributed by atoms with Crippen LogP contribution in [0.4, 0.5) is 0 Å². The van der Waals surface area contributed by atoms with Gasteiger partial charge in [-0.15, -0.1) is 0 Å². The lowest BCUT2D eigenvalue weighted by molar-refractivity contribution is 0.0885. The van der Waals surface area contributed by atoms with Crippen LogP contribution in [0.2, 0.25) is 0 Å².